The van der Waals surface area contributed by atoms with Crippen molar-refractivity contribution in [3.8, 4) is 0 Å². The van der Waals surface area contributed by atoms with E-state index in [2.05, 4.69) is 32.2 Å². The van der Waals surface area contributed by atoms with Gasteiger partial charge in [-0.1, -0.05) is 13.8 Å². The molecule has 1 atom stereocenters. The normalized spacial score (nSPS) is 12.9. The fourth-order valence-electron chi connectivity index (χ4n) is 1.20. The molecule has 0 aliphatic carbocycles. The second kappa shape index (κ2) is 4.36. The Morgan fingerprint density at radius 1 is 1.21 bits per heavy atom. The summed E-state index contributed by atoms with van der Waals surface area (Å²) in [4.78, 5) is 0. The van der Waals surface area contributed by atoms with Crippen molar-refractivity contribution in [1.29, 1.82) is 0 Å². The fraction of sp³-hybridized carbons (Fsp3) is 0.500. The molecule has 0 aromatic heterocycles. The Hall–Kier alpha value is -1.18. The van der Waals surface area contributed by atoms with Crippen LogP contribution in [-0.2, 0) is 0 Å². The van der Waals surface area contributed by atoms with E-state index in [4.69, 9.17) is 5.73 Å². The number of anilines is 2. The summed E-state index contributed by atoms with van der Waals surface area (Å²) in [6.07, 6.45) is 0. The van der Waals surface area contributed by atoms with Crippen molar-refractivity contribution in [3.63, 3.8) is 0 Å². The van der Waals surface area contributed by atoms with Gasteiger partial charge in [-0.2, -0.15) is 0 Å². The summed E-state index contributed by atoms with van der Waals surface area (Å²) in [5, 5.41) is 3.45. The SMILES string of the molecule is Cc1cc(NC(C)C(C)C)ccc1N. The quantitative estimate of drug-likeness (QED) is 0.722. The maximum absolute atomic E-state index is 5.75. The summed E-state index contributed by atoms with van der Waals surface area (Å²) in [5.74, 6) is 0.632. The van der Waals surface area contributed by atoms with E-state index in [0.29, 0.717) is 12.0 Å². The van der Waals surface area contributed by atoms with Crippen LogP contribution in [0.1, 0.15) is 26.3 Å². The van der Waals surface area contributed by atoms with E-state index in [1.807, 2.05) is 19.1 Å². The van der Waals surface area contributed by atoms with Crippen LogP contribution in [0, 0.1) is 12.8 Å². The van der Waals surface area contributed by atoms with Gasteiger partial charge in [-0.3, -0.25) is 0 Å². The van der Waals surface area contributed by atoms with Crippen molar-refractivity contribution >= 4 is 11.4 Å². The molecule has 0 aliphatic rings. The first-order chi connectivity index (χ1) is 6.50. The van der Waals surface area contributed by atoms with Crippen molar-refractivity contribution in [2.75, 3.05) is 11.1 Å². The van der Waals surface area contributed by atoms with Crippen molar-refractivity contribution in [2.24, 2.45) is 5.92 Å². The van der Waals surface area contributed by atoms with Crippen LogP contribution in [0.2, 0.25) is 0 Å². The first kappa shape index (κ1) is 10.9. The largest absolute Gasteiger partial charge is 0.399 e. The lowest BCUT2D eigenvalue weighted by atomic mass is 10.1. The van der Waals surface area contributed by atoms with E-state index in [1.54, 1.807) is 0 Å². The molecule has 0 amide bonds. The van der Waals surface area contributed by atoms with Crippen LogP contribution in [0.25, 0.3) is 0 Å². The van der Waals surface area contributed by atoms with Gasteiger partial charge in [-0.15, -0.1) is 0 Å². The predicted molar refractivity (Wildman–Crippen MR) is 63.5 cm³/mol. The smallest absolute Gasteiger partial charge is 0.0346 e. The molecule has 1 rings (SSSR count). The van der Waals surface area contributed by atoms with E-state index >= 15 is 0 Å². The predicted octanol–water partition coefficient (Wildman–Crippen LogP) is 3.03. The van der Waals surface area contributed by atoms with E-state index < -0.39 is 0 Å². The first-order valence-corrected chi connectivity index (χ1v) is 5.13. The van der Waals surface area contributed by atoms with E-state index in [-0.39, 0.29) is 0 Å². The van der Waals surface area contributed by atoms with Crippen molar-refractivity contribution < 1.29 is 0 Å². The average Bonchev–Trinajstić information content (AvgIpc) is 2.11. The number of nitrogen functional groups attached to an aromatic ring is 1. The number of nitrogens with one attached hydrogen (secondary N) is 1. The molecular weight excluding hydrogens is 172 g/mol. The van der Waals surface area contributed by atoms with Crippen LogP contribution >= 0.6 is 0 Å². The summed E-state index contributed by atoms with van der Waals surface area (Å²) in [7, 11) is 0. The molecular formula is C12H20N2. The molecule has 0 saturated heterocycles. The number of aryl methyl sites for hydroxylation is 1. The van der Waals surface area contributed by atoms with Gasteiger partial charge >= 0.3 is 0 Å². The van der Waals surface area contributed by atoms with Crippen LogP contribution < -0.4 is 11.1 Å². The Balaban J connectivity index is 2.73. The Bertz CT molecular complexity index is 305. The second-order valence-electron chi connectivity index (χ2n) is 4.25. The van der Waals surface area contributed by atoms with E-state index in [9.17, 15) is 0 Å². The Labute approximate surface area is 86.5 Å². The van der Waals surface area contributed by atoms with Gasteiger partial charge < -0.3 is 11.1 Å². The number of benzene rings is 1. The molecule has 0 spiro atoms. The van der Waals surface area contributed by atoms with Crippen LogP contribution in [0.3, 0.4) is 0 Å². The molecule has 78 valence electrons. The molecule has 0 bridgehead atoms. The minimum atomic E-state index is 0.484. The highest BCUT2D eigenvalue weighted by molar-refractivity contribution is 5.56. The number of hydrogen-bond donors (Lipinski definition) is 2. The van der Waals surface area contributed by atoms with Gasteiger partial charge in [-0.05, 0) is 43.5 Å². The average molecular weight is 192 g/mol. The third-order valence-corrected chi connectivity index (χ3v) is 2.66. The molecule has 0 fully saturated rings. The van der Waals surface area contributed by atoms with Gasteiger partial charge in [0.1, 0.15) is 0 Å². The topological polar surface area (TPSA) is 38.0 Å². The van der Waals surface area contributed by atoms with Crippen LogP contribution in [0.4, 0.5) is 11.4 Å². The van der Waals surface area contributed by atoms with Gasteiger partial charge in [0.25, 0.3) is 0 Å². The van der Waals surface area contributed by atoms with Crippen LogP contribution in [0.15, 0.2) is 18.2 Å². The standard InChI is InChI=1S/C12H20N2/c1-8(2)10(4)14-11-5-6-12(13)9(3)7-11/h5-8,10,14H,13H2,1-4H3. The van der Waals surface area contributed by atoms with Crippen molar-refractivity contribution in [1.82, 2.24) is 0 Å². The first-order valence-electron chi connectivity index (χ1n) is 5.13. The molecule has 1 unspecified atom stereocenters. The van der Waals surface area contributed by atoms with Gasteiger partial charge in [0, 0.05) is 17.4 Å². The summed E-state index contributed by atoms with van der Waals surface area (Å²) >= 11 is 0. The summed E-state index contributed by atoms with van der Waals surface area (Å²) in [6.45, 7) is 8.64. The molecule has 2 nitrogen and oxygen atoms in total. The molecule has 0 radical (unpaired) electrons. The molecule has 1 aromatic rings. The molecule has 2 heteroatoms. The highest BCUT2D eigenvalue weighted by Gasteiger charge is 2.06. The summed E-state index contributed by atoms with van der Waals surface area (Å²) in [6, 6.07) is 6.55. The Morgan fingerprint density at radius 3 is 2.36 bits per heavy atom. The third-order valence-electron chi connectivity index (χ3n) is 2.66. The highest BCUT2D eigenvalue weighted by Crippen LogP contribution is 2.18. The second-order valence-corrected chi connectivity index (χ2v) is 4.25. The third kappa shape index (κ3) is 2.66. The maximum atomic E-state index is 5.75. The Morgan fingerprint density at radius 2 is 1.86 bits per heavy atom. The van der Waals surface area contributed by atoms with Crippen LogP contribution in [0.5, 0.6) is 0 Å². The molecule has 1 aromatic carbocycles. The number of nitrogens with two attached hydrogens (primary N) is 1. The van der Waals surface area contributed by atoms with E-state index in [0.717, 1.165) is 16.9 Å². The lowest BCUT2D eigenvalue weighted by molar-refractivity contribution is 0.560. The molecule has 3 N–H and O–H groups in total. The zero-order valence-electron chi connectivity index (χ0n) is 9.46. The number of rotatable bonds is 3. The minimum Gasteiger partial charge on any atom is -0.399 e. The Kier molecular flexibility index (Phi) is 3.39. The van der Waals surface area contributed by atoms with Gasteiger partial charge in [0.2, 0.25) is 0 Å². The number of hydrogen-bond acceptors (Lipinski definition) is 2. The lowest BCUT2D eigenvalue weighted by Gasteiger charge is -2.19. The zero-order valence-corrected chi connectivity index (χ0v) is 9.46. The lowest BCUT2D eigenvalue weighted by Crippen LogP contribution is -2.21. The monoisotopic (exact) mass is 192 g/mol. The van der Waals surface area contributed by atoms with Crippen LogP contribution in [-0.4, -0.2) is 6.04 Å². The van der Waals surface area contributed by atoms with Gasteiger partial charge in [-0.25, -0.2) is 0 Å². The fourth-order valence-corrected chi connectivity index (χ4v) is 1.20. The molecule has 0 saturated carbocycles. The molecule has 0 aliphatic heterocycles. The highest BCUT2D eigenvalue weighted by atomic mass is 14.9. The molecule has 0 heterocycles. The summed E-state index contributed by atoms with van der Waals surface area (Å²) < 4.78 is 0. The van der Waals surface area contributed by atoms with E-state index in [1.165, 1.54) is 0 Å². The van der Waals surface area contributed by atoms with Gasteiger partial charge in [0.05, 0.1) is 0 Å². The van der Waals surface area contributed by atoms with Crippen molar-refractivity contribution in [2.45, 2.75) is 33.7 Å². The maximum Gasteiger partial charge on any atom is 0.0346 e. The molecule has 14 heavy (non-hydrogen) atoms. The zero-order chi connectivity index (χ0) is 10.7. The minimum absolute atomic E-state index is 0.484. The summed E-state index contributed by atoms with van der Waals surface area (Å²) in [5.41, 5.74) is 8.89. The van der Waals surface area contributed by atoms with Crippen molar-refractivity contribution in [3.05, 3.63) is 23.8 Å². The van der Waals surface area contributed by atoms with Gasteiger partial charge in [0.15, 0.2) is 0 Å².